The number of aromatic nitrogens is 2. The summed E-state index contributed by atoms with van der Waals surface area (Å²) in [7, 11) is 0. The highest BCUT2D eigenvalue weighted by Crippen LogP contribution is 2.28. The molecule has 1 N–H and O–H groups in total. The number of amides is 1. The fourth-order valence-electron chi connectivity index (χ4n) is 1.24. The number of carbonyl (C=O) groups is 1. The maximum Gasteiger partial charge on any atom is 0.288 e. The second kappa shape index (κ2) is 5.07. The summed E-state index contributed by atoms with van der Waals surface area (Å²) in [5.74, 6) is -0.547. The second-order valence-electron chi connectivity index (χ2n) is 3.13. The molecule has 1 amide bonds. The van der Waals surface area contributed by atoms with E-state index in [1.165, 1.54) is 24.4 Å². The number of nitrogens with one attached hydrogen (secondary N) is 1. The molecular weight excluding hydrogens is 280 g/mol. The standard InChI is InChI=1S/C9H5ClN4O3S/c10-8-5(2-1-3-6(8)14(16)17)9(15)12-7-4-11-13-18-7/h1-4H,(H,12,15). The Balaban J connectivity index is 2.31. The molecular formula is C9H5ClN4O3S. The molecule has 1 heterocycles. The number of nitro groups is 1. The number of hydrogen-bond acceptors (Lipinski definition) is 6. The van der Waals surface area contributed by atoms with Crippen molar-refractivity contribution in [2.24, 2.45) is 0 Å². The van der Waals surface area contributed by atoms with Crippen LogP contribution in [0.15, 0.2) is 24.4 Å². The minimum Gasteiger partial charge on any atom is -0.311 e. The van der Waals surface area contributed by atoms with E-state index in [-0.39, 0.29) is 16.3 Å². The molecule has 2 aromatic rings. The number of nitro benzene ring substituents is 1. The number of nitrogens with zero attached hydrogens (tertiary/aromatic N) is 3. The van der Waals surface area contributed by atoms with Crippen LogP contribution in [0.25, 0.3) is 0 Å². The molecule has 92 valence electrons. The van der Waals surface area contributed by atoms with Crippen molar-refractivity contribution in [3.8, 4) is 0 Å². The zero-order valence-corrected chi connectivity index (χ0v) is 10.2. The van der Waals surface area contributed by atoms with E-state index in [0.717, 1.165) is 11.5 Å². The monoisotopic (exact) mass is 284 g/mol. The Morgan fingerprint density at radius 1 is 1.50 bits per heavy atom. The molecule has 7 nitrogen and oxygen atoms in total. The van der Waals surface area contributed by atoms with E-state index < -0.39 is 10.8 Å². The van der Waals surface area contributed by atoms with Gasteiger partial charge in [-0.1, -0.05) is 22.2 Å². The number of hydrogen-bond donors (Lipinski definition) is 1. The Bertz CT molecular complexity index is 602. The summed E-state index contributed by atoms with van der Waals surface area (Å²) in [6.07, 6.45) is 1.37. The first-order valence-electron chi connectivity index (χ1n) is 4.61. The van der Waals surface area contributed by atoms with Gasteiger partial charge in [0.25, 0.3) is 11.6 Å². The van der Waals surface area contributed by atoms with E-state index in [9.17, 15) is 14.9 Å². The molecule has 0 aliphatic heterocycles. The Morgan fingerprint density at radius 2 is 2.28 bits per heavy atom. The van der Waals surface area contributed by atoms with Gasteiger partial charge >= 0.3 is 0 Å². The van der Waals surface area contributed by atoms with Crippen molar-refractivity contribution in [2.45, 2.75) is 0 Å². The number of carbonyl (C=O) groups excluding carboxylic acids is 1. The minimum atomic E-state index is -0.645. The lowest BCUT2D eigenvalue weighted by Gasteiger charge is -2.04. The van der Waals surface area contributed by atoms with Crippen molar-refractivity contribution in [3.05, 3.63) is 45.1 Å². The van der Waals surface area contributed by atoms with Gasteiger partial charge in [-0.3, -0.25) is 14.9 Å². The van der Waals surface area contributed by atoms with Gasteiger partial charge in [0, 0.05) is 17.6 Å². The number of benzene rings is 1. The molecule has 1 aromatic carbocycles. The van der Waals surface area contributed by atoms with Crippen LogP contribution in [0, 0.1) is 10.1 Å². The molecule has 0 saturated carbocycles. The molecule has 18 heavy (non-hydrogen) atoms. The highest BCUT2D eigenvalue weighted by Gasteiger charge is 2.20. The molecule has 1 aromatic heterocycles. The zero-order chi connectivity index (χ0) is 13.1. The van der Waals surface area contributed by atoms with Crippen molar-refractivity contribution < 1.29 is 9.72 Å². The lowest BCUT2D eigenvalue weighted by atomic mass is 10.2. The summed E-state index contributed by atoms with van der Waals surface area (Å²) in [6, 6.07) is 4.02. The lowest BCUT2D eigenvalue weighted by Crippen LogP contribution is -2.12. The molecule has 0 atom stereocenters. The maximum atomic E-state index is 11.8. The van der Waals surface area contributed by atoms with Crippen molar-refractivity contribution >= 4 is 39.7 Å². The maximum absolute atomic E-state index is 11.8. The molecule has 0 aliphatic rings. The highest BCUT2D eigenvalue weighted by molar-refractivity contribution is 7.10. The van der Waals surface area contributed by atoms with Crippen molar-refractivity contribution in [3.63, 3.8) is 0 Å². The smallest absolute Gasteiger partial charge is 0.288 e. The van der Waals surface area contributed by atoms with Gasteiger partial charge in [-0.2, -0.15) is 0 Å². The van der Waals surface area contributed by atoms with Gasteiger partial charge in [0.05, 0.1) is 16.7 Å². The first-order valence-corrected chi connectivity index (χ1v) is 5.76. The summed E-state index contributed by atoms with van der Waals surface area (Å²) >= 11 is 6.80. The van der Waals surface area contributed by atoms with Gasteiger partial charge < -0.3 is 5.32 Å². The van der Waals surface area contributed by atoms with Crippen LogP contribution in [0.4, 0.5) is 10.7 Å². The van der Waals surface area contributed by atoms with Gasteiger partial charge in [-0.05, 0) is 6.07 Å². The molecule has 0 saturated heterocycles. The third-order valence-electron chi connectivity index (χ3n) is 2.02. The minimum absolute atomic E-state index is 0.0271. The van der Waals surface area contributed by atoms with Gasteiger partial charge in [-0.15, -0.1) is 5.10 Å². The van der Waals surface area contributed by atoms with Gasteiger partial charge in [-0.25, -0.2) is 0 Å². The summed E-state index contributed by atoms with van der Waals surface area (Å²) in [4.78, 5) is 21.9. The third kappa shape index (κ3) is 2.44. The van der Waals surface area contributed by atoms with Gasteiger partial charge in [0.15, 0.2) is 0 Å². The quantitative estimate of drug-likeness (QED) is 0.689. The molecule has 0 spiro atoms. The van der Waals surface area contributed by atoms with Crippen LogP contribution in [0.5, 0.6) is 0 Å². The first kappa shape index (κ1) is 12.4. The number of anilines is 1. The van der Waals surface area contributed by atoms with Gasteiger partial charge in [0.1, 0.15) is 10.0 Å². The van der Waals surface area contributed by atoms with E-state index in [0.29, 0.717) is 5.00 Å². The average molecular weight is 285 g/mol. The lowest BCUT2D eigenvalue weighted by molar-refractivity contribution is -0.384. The summed E-state index contributed by atoms with van der Waals surface area (Å²) in [6.45, 7) is 0. The van der Waals surface area contributed by atoms with Crippen molar-refractivity contribution in [1.29, 1.82) is 0 Å². The largest absolute Gasteiger partial charge is 0.311 e. The normalized spacial score (nSPS) is 10.1. The molecule has 0 unspecified atom stereocenters. The first-order chi connectivity index (χ1) is 8.59. The summed E-state index contributed by atoms with van der Waals surface area (Å²) < 4.78 is 3.57. The van der Waals surface area contributed by atoms with Crippen LogP contribution >= 0.6 is 23.1 Å². The molecule has 0 aliphatic carbocycles. The van der Waals surface area contributed by atoms with Crippen LogP contribution in [0.3, 0.4) is 0 Å². The van der Waals surface area contributed by atoms with Crippen LogP contribution in [-0.4, -0.2) is 20.4 Å². The van der Waals surface area contributed by atoms with Crippen LogP contribution in [0.2, 0.25) is 5.02 Å². The number of halogens is 1. The van der Waals surface area contributed by atoms with E-state index in [2.05, 4.69) is 14.9 Å². The van der Waals surface area contributed by atoms with Crippen LogP contribution < -0.4 is 5.32 Å². The van der Waals surface area contributed by atoms with E-state index in [1.807, 2.05) is 0 Å². The Kier molecular flexibility index (Phi) is 3.49. The molecule has 9 heteroatoms. The van der Waals surface area contributed by atoms with E-state index >= 15 is 0 Å². The molecule has 2 rings (SSSR count). The predicted octanol–water partition coefficient (Wildman–Crippen LogP) is 2.35. The SMILES string of the molecule is O=C(Nc1cnns1)c1cccc([N+](=O)[O-])c1Cl. The average Bonchev–Trinajstić information content (AvgIpc) is 2.81. The molecule has 0 radical (unpaired) electrons. The highest BCUT2D eigenvalue weighted by atomic mass is 35.5. The fourth-order valence-corrected chi connectivity index (χ4v) is 1.93. The Morgan fingerprint density at radius 3 is 2.89 bits per heavy atom. The zero-order valence-electron chi connectivity index (χ0n) is 8.66. The Hall–Kier alpha value is -2.06. The predicted molar refractivity (Wildman–Crippen MR) is 66.0 cm³/mol. The van der Waals surface area contributed by atoms with Crippen molar-refractivity contribution in [2.75, 3.05) is 5.32 Å². The van der Waals surface area contributed by atoms with Crippen molar-refractivity contribution in [1.82, 2.24) is 9.59 Å². The van der Waals surface area contributed by atoms with Gasteiger partial charge in [0.2, 0.25) is 0 Å². The topological polar surface area (TPSA) is 98.0 Å². The van der Waals surface area contributed by atoms with Crippen LogP contribution in [-0.2, 0) is 0 Å². The Labute approximate surface area is 110 Å². The summed E-state index contributed by atoms with van der Waals surface area (Å²) in [5.41, 5.74) is -0.286. The van der Waals surface area contributed by atoms with E-state index in [1.54, 1.807) is 0 Å². The van der Waals surface area contributed by atoms with E-state index in [4.69, 9.17) is 11.6 Å². The molecule has 0 bridgehead atoms. The van der Waals surface area contributed by atoms with Crippen LogP contribution in [0.1, 0.15) is 10.4 Å². The third-order valence-corrected chi connectivity index (χ3v) is 3.00. The number of rotatable bonds is 3. The second-order valence-corrected chi connectivity index (χ2v) is 4.30. The fraction of sp³-hybridized carbons (Fsp3) is 0. The summed E-state index contributed by atoms with van der Waals surface area (Å²) in [5, 5.41) is 17.0. The molecule has 0 fully saturated rings.